The van der Waals surface area contributed by atoms with Crippen LogP contribution in [0.15, 0.2) is 72.8 Å². The molecule has 0 spiro atoms. The first-order valence-corrected chi connectivity index (χ1v) is 12.7. The number of nitrogens with zero attached hydrogens (tertiary/aromatic N) is 1. The molecule has 5 heteroatoms. The lowest BCUT2D eigenvalue weighted by atomic mass is 10.0. The largest absolute Gasteiger partial charge is 0.484 e. The van der Waals surface area contributed by atoms with E-state index in [2.05, 4.69) is 12.2 Å². The van der Waals surface area contributed by atoms with Gasteiger partial charge in [0.15, 0.2) is 6.61 Å². The molecule has 0 aliphatic rings. The van der Waals surface area contributed by atoms with Crippen LogP contribution in [-0.4, -0.2) is 35.9 Å². The maximum atomic E-state index is 13.6. The van der Waals surface area contributed by atoms with Gasteiger partial charge >= 0.3 is 0 Å². The fourth-order valence-corrected chi connectivity index (χ4v) is 3.98. The molecule has 3 aromatic carbocycles. The molecule has 0 radical (unpaired) electrons. The minimum absolute atomic E-state index is 0.137. The summed E-state index contributed by atoms with van der Waals surface area (Å²) in [4.78, 5) is 28.7. The van der Waals surface area contributed by atoms with Crippen LogP contribution < -0.4 is 10.1 Å². The van der Waals surface area contributed by atoms with Crippen LogP contribution in [0.4, 0.5) is 0 Å². The van der Waals surface area contributed by atoms with E-state index in [-0.39, 0.29) is 18.4 Å². The molecule has 3 rings (SSSR count). The second-order valence-electron chi connectivity index (χ2n) is 9.39. The molecule has 3 aromatic rings. The Balaban J connectivity index is 1.88. The highest BCUT2D eigenvalue weighted by Crippen LogP contribution is 2.19. The third kappa shape index (κ3) is 7.98. The standard InChI is InChI=1S/C31H38N2O3/c1-5-6-18-32-31(35)29(20-26-10-8-7-9-11-26)33(21-27-15-12-23(2)13-16-27)30(34)22-36-28-17-14-24(3)25(4)19-28/h7-17,19,29H,5-6,18,20-22H2,1-4H3,(H,32,35)/t29-/m0/s1. The van der Waals surface area contributed by atoms with Gasteiger partial charge in [0.1, 0.15) is 11.8 Å². The molecule has 0 saturated carbocycles. The maximum absolute atomic E-state index is 13.6. The van der Waals surface area contributed by atoms with E-state index in [0.717, 1.165) is 35.1 Å². The molecule has 0 aromatic heterocycles. The van der Waals surface area contributed by atoms with Crippen molar-refractivity contribution in [1.82, 2.24) is 10.2 Å². The summed E-state index contributed by atoms with van der Waals surface area (Å²) in [6.45, 7) is 8.96. The van der Waals surface area contributed by atoms with Crippen LogP contribution >= 0.6 is 0 Å². The van der Waals surface area contributed by atoms with Crippen LogP contribution in [0.3, 0.4) is 0 Å². The van der Waals surface area contributed by atoms with Crippen LogP contribution in [-0.2, 0) is 22.6 Å². The van der Waals surface area contributed by atoms with Gasteiger partial charge in [-0.25, -0.2) is 0 Å². The second kappa shape index (κ2) is 13.5. The number of carbonyl (C=O) groups is 2. The number of hydrogen-bond acceptors (Lipinski definition) is 3. The number of aryl methyl sites for hydroxylation is 3. The first kappa shape index (κ1) is 27.0. The topological polar surface area (TPSA) is 58.6 Å². The molecule has 0 saturated heterocycles. The lowest BCUT2D eigenvalue weighted by Gasteiger charge is -2.31. The molecule has 0 unspecified atom stereocenters. The van der Waals surface area contributed by atoms with Crippen molar-refractivity contribution in [3.63, 3.8) is 0 Å². The van der Waals surface area contributed by atoms with Crippen molar-refractivity contribution in [2.75, 3.05) is 13.2 Å². The summed E-state index contributed by atoms with van der Waals surface area (Å²) in [5.74, 6) is 0.285. The van der Waals surface area contributed by atoms with Crippen molar-refractivity contribution in [2.45, 2.75) is 59.5 Å². The molecule has 0 heterocycles. The molecule has 0 bridgehead atoms. The number of amides is 2. The first-order chi connectivity index (χ1) is 17.4. The van der Waals surface area contributed by atoms with Gasteiger partial charge < -0.3 is 15.0 Å². The molecule has 2 amide bonds. The van der Waals surface area contributed by atoms with E-state index in [1.54, 1.807) is 4.90 Å². The smallest absolute Gasteiger partial charge is 0.261 e. The van der Waals surface area contributed by atoms with Gasteiger partial charge in [0.05, 0.1) is 0 Å². The molecule has 36 heavy (non-hydrogen) atoms. The molecular weight excluding hydrogens is 448 g/mol. The SMILES string of the molecule is CCCCNC(=O)[C@H](Cc1ccccc1)N(Cc1ccc(C)cc1)C(=O)COc1ccc(C)c(C)c1. The van der Waals surface area contributed by atoms with Crippen molar-refractivity contribution < 1.29 is 14.3 Å². The predicted octanol–water partition coefficient (Wildman–Crippen LogP) is 5.55. The zero-order chi connectivity index (χ0) is 25.9. The zero-order valence-corrected chi connectivity index (χ0v) is 21.9. The number of ether oxygens (including phenoxy) is 1. The summed E-state index contributed by atoms with van der Waals surface area (Å²) in [5, 5.41) is 3.05. The van der Waals surface area contributed by atoms with Gasteiger partial charge in [-0.15, -0.1) is 0 Å². The Morgan fingerprint density at radius 3 is 2.28 bits per heavy atom. The quantitative estimate of drug-likeness (QED) is 0.342. The van der Waals surface area contributed by atoms with Gasteiger partial charge in [0, 0.05) is 19.5 Å². The summed E-state index contributed by atoms with van der Waals surface area (Å²) in [5.41, 5.74) is 5.40. The highest BCUT2D eigenvalue weighted by Gasteiger charge is 2.30. The summed E-state index contributed by atoms with van der Waals surface area (Å²) in [7, 11) is 0. The maximum Gasteiger partial charge on any atom is 0.261 e. The second-order valence-corrected chi connectivity index (χ2v) is 9.39. The van der Waals surface area contributed by atoms with E-state index >= 15 is 0 Å². The lowest BCUT2D eigenvalue weighted by molar-refractivity contribution is -0.142. The third-order valence-electron chi connectivity index (χ3n) is 6.41. The van der Waals surface area contributed by atoms with Crippen molar-refractivity contribution in [1.29, 1.82) is 0 Å². The van der Waals surface area contributed by atoms with E-state index < -0.39 is 6.04 Å². The highest BCUT2D eigenvalue weighted by molar-refractivity contribution is 5.88. The number of unbranched alkanes of at least 4 members (excludes halogenated alkanes) is 1. The summed E-state index contributed by atoms with van der Waals surface area (Å²) < 4.78 is 5.90. The number of benzene rings is 3. The van der Waals surface area contributed by atoms with Gasteiger partial charge in [-0.1, -0.05) is 79.6 Å². The Labute approximate surface area is 215 Å². The van der Waals surface area contributed by atoms with Crippen LogP contribution in [0, 0.1) is 20.8 Å². The summed E-state index contributed by atoms with van der Waals surface area (Å²) in [6.07, 6.45) is 2.31. The number of carbonyl (C=O) groups excluding carboxylic acids is 2. The van der Waals surface area contributed by atoms with E-state index in [1.165, 1.54) is 5.56 Å². The van der Waals surface area contributed by atoms with E-state index in [4.69, 9.17) is 4.74 Å². The van der Waals surface area contributed by atoms with Crippen LogP contribution in [0.1, 0.15) is 47.6 Å². The normalized spacial score (nSPS) is 11.6. The van der Waals surface area contributed by atoms with Crippen LogP contribution in [0.2, 0.25) is 0 Å². The van der Waals surface area contributed by atoms with Crippen molar-refractivity contribution in [2.24, 2.45) is 0 Å². The molecule has 190 valence electrons. The van der Waals surface area contributed by atoms with Crippen molar-refractivity contribution >= 4 is 11.8 Å². The van der Waals surface area contributed by atoms with Gasteiger partial charge in [-0.3, -0.25) is 9.59 Å². The van der Waals surface area contributed by atoms with Crippen LogP contribution in [0.5, 0.6) is 5.75 Å². The minimum atomic E-state index is -0.651. The summed E-state index contributed by atoms with van der Waals surface area (Å²) in [6, 6.07) is 23.1. The molecule has 1 atom stereocenters. The molecule has 5 nitrogen and oxygen atoms in total. The fourth-order valence-electron chi connectivity index (χ4n) is 3.98. The monoisotopic (exact) mass is 486 g/mol. The van der Waals surface area contributed by atoms with Gasteiger partial charge in [0.2, 0.25) is 5.91 Å². The minimum Gasteiger partial charge on any atom is -0.484 e. The highest BCUT2D eigenvalue weighted by atomic mass is 16.5. The average Bonchev–Trinajstić information content (AvgIpc) is 2.88. The molecule has 1 N–H and O–H groups in total. The lowest BCUT2D eigenvalue weighted by Crippen LogP contribution is -2.51. The molecule has 0 fully saturated rings. The third-order valence-corrected chi connectivity index (χ3v) is 6.41. The first-order valence-electron chi connectivity index (χ1n) is 12.7. The Hall–Kier alpha value is -3.60. The Kier molecular flexibility index (Phi) is 10.1. The van der Waals surface area contributed by atoms with Crippen molar-refractivity contribution in [3.8, 4) is 5.75 Å². The van der Waals surface area contributed by atoms with Gasteiger partial charge in [-0.2, -0.15) is 0 Å². The zero-order valence-electron chi connectivity index (χ0n) is 21.9. The molecular formula is C31H38N2O3. The van der Waals surface area contributed by atoms with E-state index in [9.17, 15) is 9.59 Å². The average molecular weight is 487 g/mol. The Bertz CT molecular complexity index is 1130. The number of rotatable bonds is 12. The Morgan fingerprint density at radius 2 is 1.61 bits per heavy atom. The summed E-state index contributed by atoms with van der Waals surface area (Å²) >= 11 is 0. The number of nitrogens with one attached hydrogen (secondary N) is 1. The van der Waals surface area contributed by atoms with Crippen molar-refractivity contribution in [3.05, 3.63) is 101 Å². The molecule has 0 aliphatic heterocycles. The van der Waals surface area contributed by atoms with Gasteiger partial charge in [-0.05, 0) is 61.6 Å². The number of hydrogen-bond donors (Lipinski definition) is 1. The predicted molar refractivity (Wildman–Crippen MR) is 145 cm³/mol. The van der Waals surface area contributed by atoms with E-state index in [0.29, 0.717) is 25.3 Å². The molecule has 0 aliphatic carbocycles. The van der Waals surface area contributed by atoms with Gasteiger partial charge in [0.25, 0.3) is 5.91 Å². The van der Waals surface area contributed by atoms with E-state index in [1.807, 2.05) is 93.6 Å². The van der Waals surface area contributed by atoms with Crippen LogP contribution in [0.25, 0.3) is 0 Å². The Morgan fingerprint density at radius 1 is 0.889 bits per heavy atom. The fraction of sp³-hybridized carbons (Fsp3) is 0.355.